The largest absolute Gasteiger partial charge is 0.361 e. The molecule has 116 valence electrons. The Kier molecular flexibility index (Phi) is 4.47. The van der Waals surface area contributed by atoms with E-state index in [2.05, 4.69) is 10.3 Å². The van der Waals surface area contributed by atoms with Gasteiger partial charge in [0.05, 0.1) is 6.54 Å². The lowest BCUT2D eigenvalue weighted by atomic mass is 10.2. The van der Waals surface area contributed by atoms with Crippen LogP contribution in [0.15, 0.2) is 71.8 Å². The van der Waals surface area contributed by atoms with E-state index < -0.39 is 0 Å². The van der Waals surface area contributed by atoms with Gasteiger partial charge in [0.15, 0.2) is 5.82 Å². The van der Waals surface area contributed by atoms with Crippen molar-refractivity contribution in [2.45, 2.75) is 13.1 Å². The van der Waals surface area contributed by atoms with E-state index in [0.717, 1.165) is 11.1 Å². The molecule has 3 rings (SSSR count). The highest BCUT2D eigenvalue weighted by atomic mass is 19.1. The Labute approximate surface area is 133 Å². The second-order valence-electron chi connectivity index (χ2n) is 5.17. The highest BCUT2D eigenvalue weighted by molar-refractivity contribution is 5.33. The number of halogens is 1. The fourth-order valence-corrected chi connectivity index (χ4v) is 2.26. The van der Waals surface area contributed by atoms with Gasteiger partial charge in [-0.2, -0.15) is 0 Å². The number of anilines is 1. The SMILES string of the molecule is O=c1c(NCc2ccccc2)nccn1Cc1ccc(F)cc1. The summed E-state index contributed by atoms with van der Waals surface area (Å²) >= 11 is 0. The van der Waals surface area contributed by atoms with Crippen molar-refractivity contribution in [1.29, 1.82) is 0 Å². The van der Waals surface area contributed by atoms with E-state index in [0.29, 0.717) is 18.9 Å². The van der Waals surface area contributed by atoms with Crippen molar-refractivity contribution in [1.82, 2.24) is 9.55 Å². The molecule has 1 aromatic heterocycles. The van der Waals surface area contributed by atoms with Crippen molar-refractivity contribution < 1.29 is 4.39 Å². The summed E-state index contributed by atoms with van der Waals surface area (Å²) in [6.45, 7) is 0.908. The predicted octanol–water partition coefficient (Wildman–Crippen LogP) is 3.04. The summed E-state index contributed by atoms with van der Waals surface area (Å²) in [4.78, 5) is 16.5. The zero-order chi connectivity index (χ0) is 16.1. The van der Waals surface area contributed by atoms with Crippen molar-refractivity contribution in [2.75, 3.05) is 5.32 Å². The van der Waals surface area contributed by atoms with Gasteiger partial charge in [0.25, 0.3) is 5.56 Å². The van der Waals surface area contributed by atoms with E-state index in [1.807, 2.05) is 30.3 Å². The van der Waals surface area contributed by atoms with E-state index in [4.69, 9.17) is 0 Å². The summed E-state index contributed by atoms with van der Waals surface area (Å²) in [5.74, 6) is 0.0134. The number of nitrogens with zero attached hydrogens (tertiary/aromatic N) is 2. The van der Waals surface area contributed by atoms with Crippen LogP contribution in [-0.4, -0.2) is 9.55 Å². The molecule has 0 spiro atoms. The number of nitrogens with one attached hydrogen (secondary N) is 1. The molecule has 23 heavy (non-hydrogen) atoms. The molecule has 0 fully saturated rings. The van der Waals surface area contributed by atoms with Gasteiger partial charge in [-0.05, 0) is 23.3 Å². The third-order valence-electron chi connectivity index (χ3n) is 3.48. The average Bonchev–Trinajstić information content (AvgIpc) is 2.58. The monoisotopic (exact) mass is 309 g/mol. The van der Waals surface area contributed by atoms with E-state index in [9.17, 15) is 9.18 Å². The molecule has 3 aromatic rings. The first-order valence-corrected chi connectivity index (χ1v) is 7.30. The molecule has 0 aliphatic carbocycles. The van der Waals surface area contributed by atoms with Crippen LogP contribution in [0.5, 0.6) is 0 Å². The zero-order valence-electron chi connectivity index (χ0n) is 12.4. The summed E-state index contributed by atoms with van der Waals surface area (Å²) < 4.78 is 14.5. The molecule has 0 saturated carbocycles. The smallest absolute Gasteiger partial charge is 0.293 e. The summed E-state index contributed by atoms with van der Waals surface area (Å²) in [5, 5.41) is 3.06. The summed E-state index contributed by atoms with van der Waals surface area (Å²) in [6.07, 6.45) is 3.21. The van der Waals surface area contributed by atoms with E-state index >= 15 is 0 Å². The maximum absolute atomic E-state index is 12.9. The Bertz CT molecular complexity index is 829. The standard InChI is InChI=1S/C18H16FN3O/c19-16-8-6-15(7-9-16)13-22-11-10-20-17(18(22)23)21-12-14-4-2-1-3-5-14/h1-11H,12-13H2,(H,20,21). The Balaban J connectivity index is 1.75. The molecule has 0 aliphatic rings. The summed E-state index contributed by atoms with van der Waals surface area (Å²) in [5.41, 5.74) is 1.73. The normalized spacial score (nSPS) is 10.5. The molecular formula is C18H16FN3O. The van der Waals surface area contributed by atoms with Gasteiger partial charge < -0.3 is 9.88 Å². The van der Waals surface area contributed by atoms with Gasteiger partial charge in [0, 0.05) is 18.9 Å². The molecule has 0 atom stereocenters. The number of hydrogen-bond acceptors (Lipinski definition) is 3. The first-order chi connectivity index (χ1) is 11.2. The Morgan fingerprint density at radius 1 is 1.00 bits per heavy atom. The van der Waals surface area contributed by atoms with Crippen LogP contribution < -0.4 is 10.9 Å². The van der Waals surface area contributed by atoms with Crippen LogP contribution >= 0.6 is 0 Å². The van der Waals surface area contributed by atoms with E-state index in [1.54, 1.807) is 29.1 Å². The highest BCUT2D eigenvalue weighted by Gasteiger charge is 2.05. The van der Waals surface area contributed by atoms with Crippen LogP contribution in [0.2, 0.25) is 0 Å². The van der Waals surface area contributed by atoms with Crippen molar-refractivity contribution >= 4 is 5.82 Å². The Morgan fingerprint density at radius 3 is 2.48 bits per heavy atom. The minimum Gasteiger partial charge on any atom is -0.361 e. The number of benzene rings is 2. The van der Waals surface area contributed by atoms with Crippen molar-refractivity contribution in [3.8, 4) is 0 Å². The third-order valence-corrected chi connectivity index (χ3v) is 3.48. The molecule has 4 nitrogen and oxygen atoms in total. The van der Waals surface area contributed by atoms with E-state index in [1.165, 1.54) is 12.1 Å². The minimum atomic E-state index is -0.291. The van der Waals surface area contributed by atoms with Crippen molar-refractivity contribution in [3.05, 3.63) is 94.3 Å². The lowest BCUT2D eigenvalue weighted by Gasteiger charge is -2.09. The van der Waals surface area contributed by atoms with Gasteiger partial charge in [-0.25, -0.2) is 9.37 Å². The Hall–Kier alpha value is -2.95. The summed E-state index contributed by atoms with van der Waals surface area (Å²) in [7, 11) is 0. The quantitative estimate of drug-likeness (QED) is 0.788. The molecule has 1 N–H and O–H groups in total. The molecule has 0 bridgehead atoms. The van der Waals surface area contributed by atoms with Gasteiger partial charge >= 0.3 is 0 Å². The maximum Gasteiger partial charge on any atom is 0.293 e. The molecule has 0 aliphatic heterocycles. The van der Waals surface area contributed by atoms with E-state index in [-0.39, 0.29) is 11.4 Å². The molecule has 0 amide bonds. The molecular weight excluding hydrogens is 293 g/mol. The molecule has 1 heterocycles. The lowest BCUT2D eigenvalue weighted by molar-refractivity contribution is 0.626. The second-order valence-corrected chi connectivity index (χ2v) is 5.17. The maximum atomic E-state index is 12.9. The Morgan fingerprint density at radius 2 is 1.74 bits per heavy atom. The summed E-state index contributed by atoms with van der Waals surface area (Å²) in [6, 6.07) is 15.9. The predicted molar refractivity (Wildman–Crippen MR) is 87.8 cm³/mol. The number of hydrogen-bond donors (Lipinski definition) is 1. The topological polar surface area (TPSA) is 46.9 Å². The van der Waals surface area contributed by atoms with Gasteiger partial charge in [0.2, 0.25) is 0 Å². The van der Waals surface area contributed by atoms with Gasteiger partial charge in [0.1, 0.15) is 5.82 Å². The van der Waals surface area contributed by atoms with Crippen LogP contribution in [0.3, 0.4) is 0 Å². The molecule has 5 heteroatoms. The molecule has 2 aromatic carbocycles. The van der Waals surface area contributed by atoms with Crippen LogP contribution in [0, 0.1) is 5.82 Å². The minimum absolute atomic E-state index is 0.201. The molecule has 0 saturated heterocycles. The van der Waals surface area contributed by atoms with Crippen molar-refractivity contribution in [2.24, 2.45) is 0 Å². The first kappa shape index (κ1) is 15.0. The fourth-order valence-electron chi connectivity index (χ4n) is 2.26. The highest BCUT2D eigenvalue weighted by Crippen LogP contribution is 2.05. The van der Waals surface area contributed by atoms with Crippen LogP contribution in [-0.2, 0) is 13.1 Å². The van der Waals surface area contributed by atoms with Gasteiger partial charge in [-0.1, -0.05) is 42.5 Å². The first-order valence-electron chi connectivity index (χ1n) is 7.30. The van der Waals surface area contributed by atoms with Gasteiger partial charge in [-0.15, -0.1) is 0 Å². The zero-order valence-corrected chi connectivity index (χ0v) is 12.4. The second kappa shape index (κ2) is 6.87. The third kappa shape index (κ3) is 3.83. The lowest BCUT2D eigenvalue weighted by Crippen LogP contribution is -2.24. The van der Waals surface area contributed by atoms with Crippen LogP contribution in [0.1, 0.15) is 11.1 Å². The molecule has 0 unspecified atom stereocenters. The fraction of sp³-hybridized carbons (Fsp3) is 0.111. The average molecular weight is 309 g/mol. The van der Waals surface area contributed by atoms with Crippen LogP contribution in [0.25, 0.3) is 0 Å². The van der Waals surface area contributed by atoms with Gasteiger partial charge in [-0.3, -0.25) is 4.79 Å². The number of rotatable bonds is 5. The molecule has 0 radical (unpaired) electrons. The number of aromatic nitrogens is 2. The van der Waals surface area contributed by atoms with Crippen LogP contribution in [0.4, 0.5) is 10.2 Å². The van der Waals surface area contributed by atoms with Crippen molar-refractivity contribution in [3.63, 3.8) is 0 Å².